The highest BCUT2D eigenvalue weighted by Crippen LogP contribution is 2.34. The van der Waals surface area contributed by atoms with E-state index in [0.717, 1.165) is 0 Å². The molecule has 0 heterocycles. The number of hydrazine groups is 1. The van der Waals surface area contributed by atoms with E-state index in [9.17, 15) is 17.8 Å². The average Bonchev–Trinajstić information content (AvgIpc) is 2.25. The van der Waals surface area contributed by atoms with Crippen molar-refractivity contribution in [1.29, 1.82) is 0 Å². The van der Waals surface area contributed by atoms with Crippen LogP contribution >= 0.6 is 19.2 Å². The van der Waals surface area contributed by atoms with Crippen molar-refractivity contribution >= 4 is 35.1 Å². The maximum atomic E-state index is 12.0. The number of sulfonamides is 1. The smallest absolute Gasteiger partial charge is 0.340 e. The van der Waals surface area contributed by atoms with Crippen LogP contribution < -0.4 is 10.6 Å². The number of carbonyl (C=O) groups excluding carboxylic acids is 1. The van der Waals surface area contributed by atoms with E-state index in [4.69, 9.17) is 27.1 Å². The van der Waals surface area contributed by atoms with E-state index in [1.54, 1.807) is 0 Å². The zero-order valence-corrected chi connectivity index (χ0v) is 13.0. The molecule has 0 aromatic heterocycles. The van der Waals surface area contributed by atoms with Gasteiger partial charge in [0.1, 0.15) is 6.29 Å². The lowest BCUT2D eigenvalue weighted by Crippen LogP contribution is -2.46. The molecule has 0 radical (unpaired) electrons. The monoisotopic (exact) mass is 357 g/mol. The van der Waals surface area contributed by atoms with Gasteiger partial charge < -0.3 is 15.5 Å². The highest BCUT2D eigenvalue weighted by Gasteiger charge is 2.25. The SMILES string of the molecule is NC(=O)CN(CP(=O)(O)O)NS(=O)(=O)c1ccc(Cl)cc1. The molecular formula is C9H13ClN3O6PS. The van der Waals surface area contributed by atoms with Gasteiger partial charge in [0, 0.05) is 5.02 Å². The fourth-order valence-corrected chi connectivity index (χ4v) is 3.26. The summed E-state index contributed by atoms with van der Waals surface area (Å²) in [6, 6.07) is 5.06. The van der Waals surface area contributed by atoms with Gasteiger partial charge in [-0.05, 0) is 24.3 Å². The van der Waals surface area contributed by atoms with Crippen molar-refractivity contribution in [2.45, 2.75) is 4.90 Å². The molecule has 21 heavy (non-hydrogen) atoms. The normalized spacial score (nSPS) is 12.6. The van der Waals surface area contributed by atoms with Crippen LogP contribution in [0, 0.1) is 0 Å². The lowest BCUT2D eigenvalue weighted by atomic mass is 10.4. The molecule has 9 nitrogen and oxygen atoms in total. The molecule has 0 spiro atoms. The van der Waals surface area contributed by atoms with Crippen LogP contribution in [0.15, 0.2) is 29.2 Å². The first-order valence-corrected chi connectivity index (χ1v) is 9.01. The van der Waals surface area contributed by atoms with E-state index in [0.29, 0.717) is 10.0 Å². The number of hydrogen-bond donors (Lipinski definition) is 4. The van der Waals surface area contributed by atoms with Crippen molar-refractivity contribution in [2.75, 3.05) is 12.8 Å². The van der Waals surface area contributed by atoms with Gasteiger partial charge in [-0.15, -0.1) is 4.83 Å². The standard InChI is InChI=1S/C9H13ClN3O6PS/c10-7-1-3-8(4-2-7)21(18,19)12-13(5-9(11)14)6-20(15,16)17/h1-4,12H,5-6H2,(H2,11,14)(H2,15,16,17). The van der Waals surface area contributed by atoms with Gasteiger partial charge in [0.05, 0.1) is 11.4 Å². The fourth-order valence-electron chi connectivity index (χ4n) is 1.36. The molecule has 0 saturated carbocycles. The van der Waals surface area contributed by atoms with Gasteiger partial charge in [-0.25, -0.2) is 13.4 Å². The Morgan fingerprint density at radius 2 is 1.86 bits per heavy atom. The summed E-state index contributed by atoms with van der Waals surface area (Å²) < 4.78 is 35.0. The summed E-state index contributed by atoms with van der Waals surface area (Å²) in [6.07, 6.45) is -0.997. The molecule has 0 unspecified atom stereocenters. The lowest BCUT2D eigenvalue weighted by molar-refractivity contribution is -0.119. The molecule has 0 aliphatic heterocycles. The predicted octanol–water partition coefficient (Wildman–Crippen LogP) is -0.544. The number of hydrogen-bond acceptors (Lipinski definition) is 5. The molecule has 1 aromatic rings. The van der Waals surface area contributed by atoms with E-state index in [-0.39, 0.29) is 4.90 Å². The van der Waals surface area contributed by atoms with Crippen LogP contribution in [0.1, 0.15) is 0 Å². The minimum absolute atomic E-state index is 0.188. The Morgan fingerprint density at radius 3 is 2.29 bits per heavy atom. The molecule has 0 fully saturated rings. The molecule has 0 aliphatic rings. The number of nitrogens with two attached hydrogens (primary N) is 1. The van der Waals surface area contributed by atoms with Gasteiger partial charge in [-0.3, -0.25) is 9.36 Å². The Balaban J connectivity index is 2.97. The van der Waals surface area contributed by atoms with Crippen molar-refractivity contribution < 1.29 is 27.6 Å². The predicted molar refractivity (Wildman–Crippen MR) is 74.6 cm³/mol. The zero-order valence-electron chi connectivity index (χ0n) is 10.5. The van der Waals surface area contributed by atoms with E-state index in [1.165, 1.54) is 24.3 Å². The highest BCUT2D eigenvalue weighted by atomic mass is 35.5. The minimum Gasteiger partial charge on any atom is -0.369 e. The van der Waals surface area contributed by atoms with Crippen LogP contribution in [0.3, 0.4) is 0 Å². The highest BCUT2D eigenvalue weighted by molar-refractivity contribution is 7.89. The van der Waals surface area contributed by atoms with Crippen LogP contribution in [0.5, 0.6) is 0 Å². The van der Waals surface area contributed by atoms with Gasteiger partial charge in [0.25, 0.3) is 10.0 Å². The first-order chi connectivity index (χ1) is 9.49. The van der Waals surface area contributed by atoms with Crippen molar-refractivity contribution in [3.05, 3.63) is 29.3 Å². The molecule has 0 atom stereocenters. The quantitative estimate of drug-likeness (QED) is 0.378. The summed E-state index contributed by atoms with van der Waals surface area (Å²) in [6.45, 7) is -0.696. The summed E-state index contributed by atoms with van der Waals surface area (Å²) in [5, 5.41) is 0.853. The molecule has 1 aromatic carbocycles. The molecule has 0 saturated heterocycles. The molecule has 12 heteroatoms. The van der Waals surface area contributed by atoms with Gasteiger partial charge in [-0.2, -0.15) is 0 Å². The van der Waals surface area contributed by atoms with E-state index < -0.39 is 36.4 Å². The third-order valence-corrected chi connectivity index (χ3v) is 4.43. The summed E-state index contributed by atoms with van der Waals surface area (Å²) in [5.74, 6) is -0.956. The summed E-state index contributed by atoms with van der Waals surface area (Å²) in [7, 11) is -8.72. The Kier molecular flexibility index (Phi) is 5.88. The van der Waals surface area contributed by atoms with Crippen molar-refractivity contribution in [2.24, 2.45) is 5.73 Å². The largest absolute Gasteiger partial charge is 0.369 e. The zero-order chi connectivity index (χ0) is 16.3. The molecule has 1 rings (SSSR count). The number of benzene rings is 1. The third-order valence-electron chi connectivity index (χ3n) is 2.07. The Labute approximate surface area is 125 Å². The minimum atomic E-state index is -4.59. The third kappa shape index (κ3) is 6.53. The molecule has 0 aliphatic carbocycles. The topological polar surface area (TPSA) is 150 Å². The average molecular weight is 358 g/mol. The van der Waals surface area contributed by atoms with Crippen LogP contribution in [0.4, 0.5) is 0 Å². The van der Waals surface area contributed by atoms with Gasteiger partial charge in [0.2, 0.25) is 5.91 Å². The number of rotatable bonds is 7. The summed E-state index contributed by atoms with van der Waals surface area (Å²) in [5.41, 5.74) is 4.90. The van der Waals surface area contributed by atoms with Gasteiger partial charge in [0.15, 0.2) is 0 Å². The Bertz CT molecular complexity index is 659. The lowest BCUT2D eigenvalue weighted by Gasteiger charge is -2.21. The first-order valence-electron chi connectivity index (χ1n) is 5.35. The number of nitrogens with zero attached hydrogens (tertiary/aromatic N) is 1. The maximum absolute atomic E-state index is 12.0. The van der Waals surface area contributed by atoms with Crippen LogP contribution in [-0.4, -0.2) is 42.0 Å². The van der Waals surface area contributed by atoms with Gasteiger partial charge >= 0.3 is 7.60 Å². The molecule has 118 valence electrons. The molecule has 5 N–H and O–H groups in total. The van der Waals surface area contributed by atoms with E-state index in [2.05, 4.69) is 0 Å². The second kappa shape index (κ2) is 6.84. The summed E-state index contributed by atoms with van der Waals surface area (Å²) in [4.78, 5) is 30.3. The number of primary amides is 1. The second-order valence-corrected chi connectivity index (χ2v) is 7.73. The Morgan fingerprint density at radius 1 is 1.33 bits per heavy atom. The first kappa shape index (κ1) is 18.1. The number of halogens is 1. The van der Waals surface area contributed by atoms with Gasteiger partial charge in [-0.1, -0.05) is 11.6 Å². The van der Waals surface area contributed by atoms with E-state index >= 15 is 0 Å². The van der Waals surface area contributed by atoms with E-state index in [1.807, 2.05) is 4.83 Å². The van der Waals surface area contributed by atoms with Crippen LogP contribution in [-0.2, 0) is 19.4 Å². The van der Waals surface area contributed by atoms with Crippen molar-refractivity contribution in [3.8, 4) is 0 Å². The number of carbonyl (C=O) groups is 1. The van der Waals surface area contributed by atoms with Crippen molar-refractivity contribution in [1.82, 2.24) is 9.84 Å². The molecule has 1 amide bonds. The van der Waals surface area contributed by atoms with Crippen molar-refractivity contribution in [3.63, 3.8) is 0 Å². The number of nitrogens with one attached hydrogen (secondary N) is 1. The Hall–Kier alpha value is -1.00. The number of amides is 1. The van der Waals surface area contributed by atoms with Crippen LogP contribution in [0.25, 0.3) is 0 Å². The molecule has 0 bridgehead atoms. The summed E-state index contributed by atoms with van der Waals surface area (Å²) >= 11 is 5.63. The fraction of sp³-hybridized carbons (Fsp3) is 0.222. The second-order valence-electron chi connectivity index (χ2n) is 4.02. The molecular weight excluding hydrogens is 345 g/mol. The maximum Gasteiger partial charge on any atom is 0.340 e. The van der Waals surface area contributed by atoms with Crippen LogP contribution in [0.2, 0.25) is 5.02 Å².